The average Bonchev–Trinajstić information content (AvgIpc) is 2.45. The Morgan fingerprint density at radius 2 is 2.06 bits per heavy atom. The zero-order valence-corrected chi connectivity index (χ0v) is 10.6. The van der Waals surface area contributed by atoms with Gasteiger partial charge < -0.3 is 14.6 Å². The van der Waals surface area contributed by atoms with E-state index in [9.17, 15) is 4.79 Å². The summed E-state index contributed by atoms with van der Waals surface area (Å²) < 4.78 is 2.06. The van der Waals surface area contributed by atoms with Crippen LogP contribution in [-0.2, 0) is 6.54 Å². The van der Waals surface area contributed by atoms with Gasteiger partial charge in [0.2, 0.25) is 0 Å². The molecule has 1 N–H and O–H groups in total. The molecule has 90 valence electrons. The number of nitrogens with zero attached hydrogens (tertiary/aromatic N) is 2. The number of aryl methyl sites for hydroxylation is 1. The molecule has 1 atom stereocenters. The molecule has 0 aliphatic carbocycles. The first-order chi connectivity index (χ1) is 7.34. The summed E-state index contributed by atoms with van der Waals surface area (Å²) in [5, 5.41) is 9.02. The SMILES string of the molecule is Cc1cc(C(=O)O)c(C)n1CC(C)N(C)C. The molecule has 0 saturated heterocycles. The summed E-state index contributed by atoms with van der Waals surface area (Å²) in [6, 6.07) is 2.12. The molecule has 0 bridgehead atoms. The van der Waals surface area contributed by atoms with Crippen LogP contribution in [0.15, 0.2) is 6.07 Å². The minimum atomic E-state index is -0.850. The lowest BCUT2D eigenvalue weighted by Crippen LogP contribution is -2.30. The number of carboxylic acid groups (broad SMARTS) is 1. The van der Waals surface area contributed by atoms with Gasteiger partial charge in [-0.25, -0.2) is 4.79 Å². The molecule has 4 nitrogen and oxygen atoms in total. The van der Waals surface area contributed by atoms with Crippen molar-refractivity contribution in [3.63, 3.8) is 0 Å². The van der Waals surface area contributed by atoms with E-state index in [2.05, 4.69) is 16.4 Å². The lowest BCUT2D eigenvalue weighted by Gasteiger charge is -2.22. The van der Waals surface area contributed by atoms with Gasteiger partial charge in [0.15, 0.2) is 0 Å². The largest absolute Gasteiger partial charge is 0.478 e. The van der Waals surface area contributed by atoms with Crippen molar-refractivity contribution in [2.75, 3.05) is 14.1 Å². The van der Waals surface area contributed by atoms with Crippen molar-refractivity contribution in [3.8, 4) is 0 Å². The van der Waals surface area contributed by atoms with Gasteiger partial charge in [0.05, 0.1) is 5.56 Å². The summed E-state index contributed by atoms with van der Waals surface area (Å²) in [6.45, 7) is 6.75. The Kier molecular flexibility index (Phi) is 3.75. The number of hydrogen-bond acceptors (Lipinski definition) is 2. The zero-order chi connectivity index (χ0) is 12.5. The summed E-state index contributed by atoms with van der Waals surface area (Å²) in [5.41, 5.74) is 2.24. The lowest BCUT2D eigenvalue weighted by atomic mass is 10.2. The number of rotatable bonds is 4. The highest BCUT2D eigenvalue weighted by Crippen LogP contribution is 2.16. The molecule has 4 heteroatoms. The summed E-state index contributed by atoms with van der Waals surface area (Å²) in [5.74, 6) is -0.850. The molecule has 0 aromatic carbocycles. The maximum atomic E-state index is 11.0. The molecular weight excluding hydrogens is 204 g/mol. The van der Waals surface area contributed by atoms with E-state index in [1.54, 1.807) is 6.07 Å². The van der Waals surface area contributed by atoms with E-state index in [4.69, 9.17) is 5.11 Å². The fourth-order valence-electron chi connectivity index (χ4n) is 1.73. The van der Waals surface area contributed by atoms with Gasteiger partial charge in [0, 0.05) is 24.0 Å². The van der Waals surface area contributed by atoms with E-state index >= 15 is 0 Å². The quantitative estimate of drug-likeness (QED) is 0.847. The number of carboxylic acids is 1. The highest BCUT2D eigenvalue weighted by atomic mass is 16.4. The molecular formula is C12H20N2O2. The molecule has 0 radical (unpaired) electrons. The van der Waals surface area contributed by atoms with Crippen molar-refractivity contribution in [2.24, 2.45) is 0 Å². The van der Waals surface area contributed by atoms with Crippen LogP contribution in [0.3, 0.4) is 0 Å². The third kappa shape index (κ3) is 2.44. The first-order valence-electron chi connectivity index (χ1n) is 5.41. The van der Waals surface area contributed by atoms with E-state index in [1.165, 1.54) is 0 Å². The highest BCUT2D eigenvalue weighted by molar-refractivity contribution is 5.89. The van der Waals surface area contributed by atoms with Crippen LogP contribution < -0.4 is 0 Å². The summed E-state index contributed by atoms with van der Waals surface area (Å²) in [6.07, 6.45) is 0. The molecule has 1 aromatic heterocycles. The molecule has 0 aliphatic heterocycles. The maximum Gasteiger partial charge on any atom is 0.337 e. The lowest BCUT2D eigenvalue weighted by molar-refractivity contribution is 0.0696. The first kappa shape index (κ1) is 12.8. The number of likely N-dealkylation sites (N-methyl/N-ethyl adjacent to an activating group) is 1. The summed E-state index contributed by atoms with van der Waals surface area (Å²) >= 11 is 0. The van der Waals surface area contributed by atoms with Gasteiger partial charge in [0.1, 0.15) is 0 Å². The molecule has 0 fully saturated rings. The molecule has 1 rings (SSSR count). The Morgan fingerprint density at radius 1 is 1.50 bits per heavy atom. The van der Waals surface area contributed by atoms with E-state index < -0.39 is 5.97 Å². The van der Waals surface area contributed by atoms with Crippen molar-refractivity contribution >= 4 is 5.97 Å². The Morgan fingerprint density at radius 3 is 2.44 bits per heavy atom. The summed E-state index contributed by atoms with van der Waals surface area (Å²) in [4.78, 5) is 13.1. The Bertz CT molecular complexity index is 394. The van der Waals surface area contributed by atoms with Gasteiger partial charge in [-0.1, -0.05) is 0 Å². The monoisotopic (exact) mass is 224 g/mol. The highest BCUT2D eigenvalue weighted by Gasteiger charge is 2.16. The topological polar surface area (TPSA) is 45.5 Å². The molecule has 0 saturated carbocycles. The third-order valence-electron chi connectivity index (χ3n) is 3.13. The molecule has 16 heavy (non-hydrogen) atoms. The number of hydrogen-bond donors (Lipinski definition) is 1. The van der Waals surface area contributed by atoms with Crippen LogP contribution in [0.1, 0.15) is 28.7 Å². The molecule has 1 heterocycles. The Balaban J connectivity index is 3.01. The second-order valence-electron chi connectivity index (χ2n) is 4.51. The Hall–Kier alpha value is -1.29. The normalized spacial score (nSPS) is 13.1. The molecule has 1 aromatic rings. The van der Waals surface area contributed by atoms with Crippen LogP contribution in [-0.4, -0.2) is 40.7 Å². The fraction of sp³-hybridized carbons (Fsp3) is 0.583. The minimum absolute atomic E-state index is 0.381. The van der Waals surface area contributed by atoms with Gasteiger partial charge in [-0.2, -0.15) is 0 Å². The summed E-state index contributed by atoms with van der Waals surface area (Å²) in [7, 11) is 4.05. The first-order valence-corrected chi connectivity index (χ1v) is 5.41. The minimum Gasteiger partial charge on any atom is -0.478 e. The zero-order valence-electron chi connectivity index (χ0n) is 10.6. The molecule has 1 unspecified atom stereocenters. The van der Waals surface area contributed by atoms with Crippen LogP contribution in [0.4, 0.5) is 0 Å². The maximum absolute atomic E-state index is 11.0. The second-order valence-corrected chi connectivity index (χ2v) is 4.51. The van der Waals surface area contributed by atoms with Gasteiger partial charge in [-0.05, 0) is 40.9 Å². The Labute approximate surface area is 96.5 Å². The van der Waals surface area contributed by atoms with Crippen LogP contribution in [0.5, 0.6) is 0 Å². The van der Waals surface area contributed by atoms with E-state index in [0.29, 0.717) is 11.6 Å². The van der Waals surface area contributed by atoms with Crippen LogP contribution >= 0.6 is 0 Å². The number of aromatic nitrogens is 1. The molecule has 0 aliphatic rings. The second kappa shape index (κ2) is 4.70. The van der Waals surface area contributed by atoms with Gasteiger partial charge in [-0.3, -0.25) is 0 Å². The molecule has 0 amide bonds. The van der Waals surface area contributed by atoms with Crippen molar-refractivity contribution in [2.45, 2.75) is 33.4 Å². The smallest absolute Gasteiger partial charge is 0.337 e. The van der Waals surface area contributed by atoms with E-state index in [-0.39, 0.29) is 0 Å². The van der Waals surface area contributed by atoms with Crippen molar-refractivity contribution < 1.29 is 9.90 Å². The van der Waals surface area contributed by atoms with Crippen molar-refractivity contribution in [1.82, 2.24) is 9.47 Å². The van der Waals surface area contributed by atoms with Gasteiger partial charge in [0.25, 0.3) is 0 Å². The third-order valence-corrected chi connectivity index (χ3v) is 3.13. The van der Waals surface area contributed by atoms with Crippen LogP contribution in [0, 0.1) is 13.8 Å². The standard InChI is InChI=1S/C12H20N2O2/c1-8-6-11(12(15)16)10(3)14(8)7-9(2)13(4)5/h6,9H,7H2,1-5H3,(H,15,16). The average molecular weight is 224 g/mol. The van der Waals surface area contributed by atoms with Gasteiger partial charge in [-0.15, -0.1) is 0 Å². The predicted octanol–water partition coefficient (Wildman–Crippen LogP) is 1.75. The fourth-order valence-corrected chi connectivity index (χ4v) is 1.73. The van der Waals surface area contributed by atoms with E-state index in [0.717, 1.165) is 17.9 Å². The van der Waals surface area contributed by atoms with Crippen LogP contribution in [0.25, 0.3) is 0 Å². The molecule has 0 spiro atoms. The van der Waals surface area contributed by atoms with E-state index in [1.807, 2.05) is 27.9 Å². The van der Waals surface area contributed by atoms with Gasteiger partial charge >= 0.3 is 5.97 Å². The van der Waals surface area contributed by atoms with Crippen molar-refractivity contribution in [3.05, 3.63) is 23.0 Å². The number of carbonyl (C=O) groups is 1. The van der Waals surface area contributed by atoms with Crippen LogP contribution in [0.2, 0.25) is 0 Å². The number of aromatic carboxylic acids is 1. The predicted molar refractivity (Wildman–Crippen MR) is 64.0 cm³/mol. The van der Waals surface area contributed by atoms with Crippen molar-refractivity contribution in [1.29, 1.82) is 0 Å².